The molecule has 1 atom stereocenters. The molecule has 0 saturated heterocycles. The van der Waals surface area contributed by atoms with Gasteiger partial charge in [-0.25, -0.2) is 4.98 Å². The molecule has 2 heterocycles. The van der Waals surface area contributed by atoms with Gasteiger partial charge in [-0.1, -0.05) is 26.8 Å². The van der Waals surface area contributed by atoms with E-state index in [1.807, 2.05) is 32.9 Å². The largest absolute Gasteiger partial charge is 0.433 e. The van der Waals surface area contributed by atoms with Gasteiger partial charge in [-0.3, -0.25) is 4.98 Å². The first kappa shape index (κ1) is 16.1. The molecule has 3 rings (SSSR count). The third-order valence-electron chi connectivity index (χ3n) is 3.41. The summed E-state index contributed by atoms with van der Waals surface area (Å²) >= 11 is 10.4. The van der Waals surface area contributed by atoms with E-state index in [0.717, 1.165) is 11.4 Å². The summed E-state index contributed by atoms with van der Waals surface area (Å²) in [6.45, 7) is 6.13. The monoisotopic (exact) mass is 350 g/mol. The molecule has 0 aromatic carbocycles. The number of allylic oxidation sites excluding steroid dienone is 1. The summed E-state index contributed by atoms with van der Waals surface area (Å²) in [5.74, 6) is 1.23. The first-order valence-electron chi connectivity index (χ1n) is 7.14. The van der Waals surface area contributed by atoms with Gasteiger partial charge in [-0.15, -0.1) is 11.6 Å². The summed E-state index contributed by atoms with van der Waals surface area (Å²) in [4.78, 5) is 8.57. The Morgan fingerprint density at radius 1 is 1.30 bits per heavy atom. The number of pyridine rings is 1. The summed E-state index contributed by atoms with van der Waals surface area (Å²) in [5.41, 5.74) is 1.90. The van der Waals surface area contributed by atoms with E-state index in [2.05, 4.69) is 22.9 Å². The number of hydrogen-bond donors (Lipinski definition) is 1. The normalized spacial score (nSPS) is 19.4. The van der Waals surface area contributed by atoms with Crippen LogP contribution in [0.3, 0.4) is 0 Å². The lowest BCUT2D eigenvalue weighted by Gasteiger charge is -2.12. The van der Waals surface area contributed by atoms with Crippen LogP contribution in [0, 0.1) is 0 Å². The molecular weight excluding hydrogens is 334 g/mol. The van der Waals surface area contributed by atoms with Crippen LogP contribution in [0.1, 0.15) is 38.1 Å². The highest BCUT2D eigenvalue weighted by atomic mass is 35.5. The molecule has 7 heteroatoms. The molecule has 0 N–H and O–H groups in total. The van der Waals surface area contributed by atoms with Crippen LogP contribution in [0.25, 0.3) is 6.08 Å². The van der Waals surface area contributed by atoms with E-state index in [4.69, 9.17) is 20.3 Å². The molecule has 5 nitrogen and oxygen atoms in total. The van der Waals surface area contributed by atoms with Gasteiger partial charge in [0.2, 0.25) is 11.7 Å². The molecule has 1 unspecified atom stereocenters. The fourth-order valence-corrected chi connectivity index (χ4v) is 2.70. The van der Waals surface area contributed by atoms with Gasteiger partial charge in [-0.2, -0.15) is 4.28 Å². The summed E-state index contributed by atoms with van der Waals surface area (Å²) in [5, 5.41) is -0.427. The molecule has 23 heavy (non-hydrogen) atoms. The minimum Gasteiger partial charge on any atom is -0.433 e. The molecular formula is C16H17ClN3O2S+. The average molecular weight is 351 g/mol. The number of hydrogen-bond acceptors (Lipinski definition) is 5. The number of halogens is 1. The van der Waals surface area contributed by atoms with Crippen molar-refractivity contribution in [2.75, 3.05) is 0 Å². The SMILES string of the molecule is CC(C)(C)c1nc2c(o1)C(=[N+](OS)c1ccncc1)C(Cl)C=C2. The predicted octanol–water partition coefficient (Wildman–Crippen LogP) is 3.91. The van der Waals surface area contributed by atoms with Gasteiger partial charge in [0.25, 0.3) is 5.69 Å². The number of alkyl halides is 1. The molecule has 0 spiro atoms. The van der Waals surface area contributed by atoms with Gasteiger partial charge in [0, 0.05) is 34.7 Å². The Labute approximate surface area is 145 Å². The van der Waals surface area contributed by atoms with Crippen molar-refractivity contribution in [2.45, 2.75) is 31.6 Å². The molecule has 0 amide bonds. The number of oxazole rings is 1. The second-order valence-electron chi connectivity index (χ2n) is 6.21. The summed E-state index contributed by atoms with van der Waals surface area (Å²) in [7, 11) is 0. The average Bonchev–Trinajstić information content (AvgIpc) is 2.96. The summed E-state index contributed by atoms with van der Waals surface area (Å²) in [6.07, 6.45) is 7.03. The predicted molar refractivity (Wildman–Crippen MR) is 92.2 cm³/mol. The molecule has 1 aliphatic rings. The molecule has 2 aromatic rings. The van der Waals surface area contributed by atoms with Crippen molar-refractivity contribution < 1.29 is 13.4 Å². The molecule has 2 aromatic heterocycles. The van der Waals surface area contributed by atoms with E-state index in [-0.39, 0.29) is 5.41 Å². The topological polar surface area (TPSA) is 51.2 Å². The highest BCUT2D eigenvalue weighted by molar-refractivity contribution is 7.74. The van der Waals surface area contributed by atoms with Gasteiger partial charge in [0.05, 0.1) is 0 Å². The summed E-state index contributed by atoms with van der Waals surface area (Å²) in [6, 6.07) is 3.59. The lowest BCUT2D eigenvalue weighted by Crippen LogP contribution is -2.27. The zero-order chi connectivity index (χ0) is 16.6. The highest BCUT2D eigenvalue weighted by Crippen LogP contribution is 2.30. The number of nitrogens with zero attached hydrogens (tertiary/aromatic N) is 3. The standard InChI is InChI=1S/C16H16ClN3O2S/c1-16(2,3)15-19-12-5-4-11(17)13(14(12)21-15)20(22-23)10-6-8-18-9-7-10/h4-9,11H,1-3H3/p+1. The fourth-order valence-electron chi connectivity index (χ4n) is 2.26. The lowest BCUT2D eigenvalue weighted by molar-refractivity contribution is -0.675. The van der Waals surface area contributed by atoms with E-state index in [1.165, 1.54) is 4.74 Å². The van der Waals surface area contributed by atoms with Crippen LogP contribution in [-0.4, -0.2) is 25.8 Å². The van der Waals surface area contributed by atoms with Crippen molar-refractivity contribution in [2.24, 2.45) is 0 Å². The first-order valence-corrected chi connectivity index (χ1v) is 7.94. The molecule has 120 valence electrons. The van der Waals surface area contributed by atoms with E-state index >= 15 is 0 Å². The number of thiol groups is 1. The van der Waals surface area contributed by atoms with Crippen LogP contribution in [0.5, 0.6) is 0 Å². The highest BCUT2D eigenvalue weighted by Gasteiger charge is 2.38. The van der Waals surface area contributed by atoms with E-state index in [9.17, 15) is 0 Å². The van der Waals surface area contributed by atoms with Crippen molar-refractivity contribution in [1.29, 1.82) is 0 Å². The van der Waals surface area contributed by atoms with Crippen LogP contribution < -0.4 is 0 Å². The smallest absolute Gasteiger partial charge is 0.302 e. The van der Waals surface area contributed by atoms with Crippen LogP contribution in [0.15, 0.2) is 35.0 Å². The quantitative estimate of drug-likeness (QED) is 0.293. The maximum absolute atomic E-state index is 6.47. The van der Waals surface area contributed by atoms with Crippen molar-refractivity contribution in [1.82, 2.24) is 9.97 Å². The van der Waals surface area contributed by atoms with Crippen LogP contribution in [0.4, 0.5) is 5.69 Å². The Morgan fingerprint density at radius 2 is 2.00 bits per heavy atom. The second-order valence-corrected chi connectivity index (χ2v) is 6.84. The molecule has 0 fully saturated rings. The molecule has 1 aliphatic carbocycles. The van der Waals surface area contributed by atoms with Gasteiger partial charge in [0.1, 0.15) is 24.0 Å². The van der Waals surface area contributed by atoms with Crippen molar-refractivity contribution in [3.05, 3.63) is 47.9 Å². The van der Waals surface area contributed by atoms with E-state index in [1.54, 1.807) is 24.5 Å². The third kappa shape index (κ3) is 3.01. The van der Waals surface area contributed by atoms with Crippen LogP contribution >= 0.6 is 24.5 Å². The zero-order valence-corrected chi connectivity index (χ0v) is 14.7. The number of aromatic nitrogens is 2. The Balaban J connectivity index is 2.22. The number of fused-ring (bicyclic) bond motifs is 1. The maximum atomic E-state index is 6.47. The Kier molecular flexibility index (Phi) is 4.21. The minimum atomic E-state index is -0.427. The first-order chi connectivity index (χ1) is 10.9. The van der Waals surface area contributed by atoms with Crippen molar-refractivity contribution in [3.8, 4) is 0 Å². The minimum absolute atomic E-state index is 0.207. The van der Waals surface area contributed by atoms with Crippen molar-refractivity contribution >= 4 is 42.0 Å². The van der Waals surface area contributed by atoms with Crippen LogP contribution in [0.2, 0.25) is 0 Å². The maximum Gasteiger partial charge on any atom is 0.302 e. The molecule has 0 radical (unpaired) electrons. The van der Waals surface area contributed by atoms with Gasteiger partial charge < -0.3 is 4.42 Å². The van der Waals surface area contributed by atoms with Crippen molar-refractivity contribution in [3.63, 3.8) is 0 Å². The van der Waals surface area contributed by atoms with Gasteiger partial charge in [-0.05, 0) is 6.08 Å². The van der Waals surface area contributed by atoms with Crippen LogP contribution in [-0.2, 0) is 9.70 Å². The Hall–Kier alpha value is -1.79. The third-order valence-corrected chi connectivity index (χ3v) is 3.93. The fraction of sp³-hybridized carbons (Fsp3) is 0.312. The molecule has 0 aliphatic heterocycles. The Morgan fingerprint density at radius 3 is 2.61 bits per heavy atom. The molecule has 0 saturated carbocycles. The van der Waals surface area contributed by atoms with E-state index < -0.39 is 5.38 Å². The zero-order valence-electron chi connectivity index (χ0n) is 13.0. The summed E-state index contributed by atoms with van der Waals surface area (Å²) < 4.78 is 12.8. The van der Waals surface area contributed by atoms with Gasteiger partial charge in [0.15, 0.2) is 0 Å². The Bertz CT molecular complexity index is 778. The van der Waals surface area contributed by atoms with E-state index in [0.29, 0.717) is 17.4 Å². The molecule has 0 bridgehead atoms. The second kappa shape index (κ2) is 6.02. The number of rotatable bonds is 2. The lowest BCUT2D eigenvalue weighted by atomic mass is 9.97. The van der Waals surface area contributed by atoms with Gasteiger partial charge >= 0.3 is 5.71 Å².